The summed E-state index contributed by atoms with van der Waals surface area (Å²) in [6.45, 7) is 5.32. The van der Waals surface area contributed by atoms with Crippen molar-refractivity contribution in [2.24, 2.45) is 0 Å². The molecular weight excluding hydrogens is 412 g/mol. The zero-order chi connectivity index (χ0) is 20.5. The number of benzene rings is 1. The predicted molar refractivity (Wildman–Crippen MR) is 127 cm³/mol. The molecule has 4 aromatic rings. The Kier molecular flexibility index (Phi) is 5.69. The lowest BCUT2D eigenvalue weighted by Crippen LogP contribution is -2.43. The highest BCUT2D eigenvalue weighted by molar-refractivity contribution is 7.18. The number of fused-ring (bicyclic) bond motifs is 2. The molecule has 4 heterocycles. The fourth-order valence-electron chi connectivity index (χ4n) is 4.46. The number of piperidine rings is 1. The number of rotatable bonds is 6. The molecule has 1 aliphatic heterocycles. The maximum absolute atomic E-state index is 5.31. The number of nitrogens with one attached hydrogen (secondary N) is 1. The molecule has 0 amide bonds. The molecular formula is C23H26N4OS2. The van der Waals surface area contributed by atoms with Gasteiger partial charge in [0.2, 0.25) is 0 Å². The van der Waals surface area contributed by atoms with E-state index in [9.17, 15) is 0 Å². The molecule has 30 heavy (non-hydrogen) atoms. The minimum absolute atomic E-state index is 0.519. The van der Waals surface area contributed by atoms with Gasteiger partial charge in [-0.15, -0.1) is 22.7 Å². The van der Waals surface area contributed by atoms with Gasteiger partial charge in [-0.1, -0.05) is 0 Å². The molecule has 1 N–H and O–H groups in total. The van der Waals surface area contributed by atoms with E-state index in [0.717, 1.165) is 41.4 Å². The molecule has 0 spiro atoms. The fraction of sp³-hybridized carbons (Fsp3) is 0.391. The Morgan fingerprint density at radius 2 is 2.17 bits per heavy atom. The van der Waals surface area contributed by atoms with Gasteiger partial charge in [0.1, 0.15) is 4.83 Å². The third-order valence-electron chi connectivity index (χ3n) is 6.13. The van der Waals surface area contributed by atoms with Crippen LogP contribution in [-0.2, 0) is 4.74 Å². The number of pyridine rings is 1. The number of thiophene rings is 1. The van der Waals surface area contributed by atoms with Gasteiger partial charge >= 0.3 is 0 Å². The highest BCUT2D eigenvalue weighted by Crippen LogP contribution is 2.40. The summed E-state index contributed by atoms with van der Waals surface area (Å²) in [6, 6.07) is 11.3. The number of hydrogen-bond donors (Lipinski definition) is 1. The first-order valence-corrected chi connectivity index (χ1v) is 12.1. The second-order valence-electron chi connectivity index (χ2n) is 7.90. The molecule has 156 valence electrons. The second-order valence-corrected chi connectivity index (χ2v) is 9.85. The SMILES string of the molecule is COCCN1CCCC(c2cc3c(Nc4ccc5scnc5c4)ccnc3s2)C1C. The molecule has 3 aromatic heterocycles. The molecule has 1 aromatic carbocycles. The highest BCUT2D eigenvalue weighted by Gasteiger charge is 2.30. The Labute approximate surface area is 184 Å². The maximum Gasteiger partial charge on any atom is 0.125 e. The number of hydrogen-bond acceptors (Lipinski definition) is 7. The Bertz CT molecular complexity index is 1150. The first-order chi connectivity index (χ1) is 14.7. The number of nitrogens with zero attached hydrogens (tertiary/aromatic N) is 3. The van der Waals surface area contributed by atoms with Gasteiger partial charge < -0.3 is 10.1 Å². The Hall–Kier alpha value is -2.06. The number of methoxy groups -OCH3 is 1. The van der Waals surface area contributed by atoms with Gasteiger partial charge in [0.25, 0.3) is 0 Å². The van der Waals surface area contributed by atoms with Crippen molar-refractivity contribution in [3.05, 3.63) is 46.9 Å². The summed E-state index contributed by atoms with van der Waals surface area (Å²) in [4.78, 5) is 14.2. The molecule has 1 saturated heterocycles. The minimum Gasteiger partial charge on any atom is -0.383 e. The number of likely N-dealkylation sites (tertiary alicyclic amines) is 1. The summed E-state index contributed by atoms with van der Waals surface area (Å²) in [5, 5.41) is 4.80. The summed E-state index contributed by atoms with van der Waals surface area (Å²) >= 11 is 3.51. The van der Waals surface area contributed by atoms with Gasteiger partial charge in [-0.2, -0.15) is 0 Å². The van der Waals surface area contributed by atoms with Crippen molar-refractivity contribution < 1.29 is 4.74 Å². The van der Waals surface area contributed by atoms with Crippen molar-refractivity contribution in [2.75, 3.05) is 32.1 Å². The molecule has 7 heteroatoms. The lowest BCUT2D eigenvalue weighted by atomic mass is 9.88. The molecule has 1 fully saturated rings. The predicted octanol–water partition coefficient (Wildman–Crippen LogP) is 5.86. The largest absolute Gasteiger partial charge is 0.383 e. The van der Waals surface area contributed by atoms with Crippen LogP contribution in [0.3, 0.4) is 0 Å². The maximum atomic E-state index is 5.31. The third kappa shape index (κ3) is 3.83. The minimum atomic E-state index is 0.519. The second kappa shape index (κ2) is 8.59. The van der Waals surface area contributed by atoms with Crippen LogP contribution in [0.25, 0.3) is 20.4 Å². The molecule has 0 bridgehead atoms. The average molecular weight is 439 g/mol. The van der Waals surface area contributed by atoms with E-state index in [0.29, 0.717) is 12.0 Å². The molecule has 2 atom stereocenters. The number of ether oxygens (including phenoxy) is 1. The summed E-state index contributed by atoms with van der Waals surface area (Å²) in [5.74, 6) is 0.550. The van der Waals surface area contributed by atoms with Crippen molar-refractivity contribution in [2.45, 2.75) is 31.7 Å². The number of thiazole rings is 1. The average Bonchev–Trinajstić information content (AvgIpc) is 3.40. The van der Waals surface area contributed by atoms with E-state index in [1.165, 1.54) is 27.8 Å². The van der Waals surface area contributed by atoms with Crippen molar-refractivity contribution >= 4 is 54.5 Å². The molecule has 2 unspecified atom stereocenters. The van der Waals surface area contributed by atoms with Crippen LogP contribution in [0.15, 0.2) is 42.0 Å². The van der Waals surface area contributed by atoms with Crippen LogP contribution >= 0.6 is 22.7 Å². The lowest BCUT2D eigenvalue weighted by Gasteiger charge is -2.39. The van der Waals surface area contributed by atoms with Gasteiger partial charge in [0.05, 0.1) is 28.0 Å². The summed E-state index contributed by atoms with van der Waals surface area (Å²) in [7, 11) is 1.78. The van der Waals surface area contributed by atoms with Crippen molar-refractivity contribution in [3.63, 3.8) is 0 Å². The fourth-order valence-corrected chi connectivity index (χ4v) is 6.38. The number of anilines is 2. The smallest absolute Gasteiger partial charge is 0.125 e. The van der Waals surface area contributed by atoms with Crippen molar-refractivity contribution in [1.29, 1.82) is 0 Å². The van der Waals surface area contributed by atoms with Gasteiger partial charge in [0.15, 0.2) is 0 Å². The quantitative estimate of drug-likeness (QED) is 0.408. The Morgan fingerprint density at radius 1 is 1.23 bits per heavy atom. The van der Waals surface area contributed by atoms with Crippen LogP contribution in [0.5, 0.6) is 0 Å². The molecule has 5 rings (SSSR count). The van der Waals surface area contributed by atoms with E-state index >= 15 is 0 Å². The van der Waals surface area contributed by atoms with Gasteiger partial charge in [-0.25, -0.2) is 9.97 Å². The van der Waals surface area contributed by atoms with E-state index in [-0.39, 0.29) is 0 Å². The first-order valence-electron chi connectivity index (χ1n) is 10.4. The van der Waals surface area contributed by atoms with Gasteiger partial charge in [0, 0.05) is 47.8 Å². The molecule has 1 aliphatic rings. The lowest BCUT2D eigenvalue weighted by molar-refractivity contribution is 0.0924. The van der Waals surface area contributed by atoms with Crippen LogP contribution in [0.2, 0.25) is 0 Å². The standard InChI is InChI=1S/C23H26N4OS2/c1-15-17(4-3-9-27(15)10-11-28-2)22-13-18-19(7-8-24-23(18)30-22)26-16-5-6-21-20(12-16)25-14-29-21/h5-8,12-15,17H,3-4,9-11H2,1-2H3,(H,24,26). The van der Waals surface area contributed by atoms with E-state index in [2.05, 4.69) is 57.4 Å². The van der Waals surface area contributed by atoms with E-state index in [1.807, 2.05) is 23.0 Å². The van der Waals surface area contributed by atoms with Crippen LogP contribution in [0, 0.1) is 0 Å². The zero-order valence-corrected chi connectivity index (χ0v) is 18.9. The summed E-state index contributed by atoms with van der Waals surface area (Å²) < 4.78 is 6.53. The topological polar surface area (TPSA) is 50.3 Å². The molecule has 0 aliphatic carbocycles. The van der Waals surface area contributed by atoms with E-state index in [1.54, 1.807) is 18.4 Å². The monoisotopic (exact) mass is 438 g/mol. The Balaban J connectivity index is 1.43. The first kappa shape index (κ1) is 19.9. The molecule has 0 radical (unpaired) electrons. The van der Waals surface area contributed by atoms with Crippen LogP contribution in [0.4, 0.5) is 11.4 Å². The van der Waals surface area contributed by atoms with E-state index < -0.39 is 0 Å². The van der Waals surface area contributed by atoms with Crippen LogP contribution in [-0.4, -0.2) is 47.7 Å². The zero-order valence-electron chi connectivity index (χ0n) is 17.3. The normalized spacial score (nSPS) is 20.2. The van der Waals surface area contributed by atoms with Crippen molar-refractivity contribution in [3.8, 4) is 0 Å². The third-order valence-corrected chi connectivity index (χ3v) is 8.12. The van der Waals surface area contributed by atoms with Crippen LogP contribution < -0.4 is 5.32 Å². The molecule has 5 nitrogen and oxygen atoms in total. The Morgan fingerprint density at radius 3 is 3.07 bits per heavy atom. The van der Waals surface area contributed by atoms with Gasteiger partial charge in [-0.05, 0) is 56.6 Å². The summed E-state index contributed by atoms with van der Waals surface area (Å²) in [5.41, 5.74) is 5.10. The van der Waals surface area contributed by atoms with Gasteiger partial charge in [-0.3, -0.25) is 4.90 Å². The number of aromatic nitrogens is 2. The summed E-state index contributed by atoms with van der Waals surface area (Å²) in [6.07, 6.45) is 4.38. The molecule has 0 saturated carbocycles. The van der Waals surface area contributed by atoms with Crippen molar-refractivity contribution in [1.82, 2.24) is 14.9 Å². The van der Waals surface area contributed by atoms with E-state index in [4.69, 9.17) is 4.74 Å². The van der Waals surface area contributed by atoms with Crippen LogP contribution in [0.1, 0.15) is 30.6 Å². The highest BCUT2D eigenvalue weighted by atomic mass is 32.1.